The van der Waals surface area contributed by atoms with Crippen LogP contribution < -0.4 is 5.32 Å². The van der Waals surface area contributed by atoms with Crippen LogP contribution in [0.5, 0.6) is 0 Å². The van der Waals surface area contributed by atoms with Gasteiger partial charge in [0, 0.05) is 16.8 Å². The van der Waals surface area contributed by atoms with Gasteiger partial charge in [-0.25, -0.2) is 8.78 Å². The van der Waals surface area contributed by atoms with E-state index in [9.17, 15) is 13.6 Å². The normalized spacial score (nSPS) is 15.1. The first-order valence-corrected chi connectivity index (χ1v) is 11.1. The summed E-state index contributed by atoms with van der Waals surface area (Å²) in [6.45, 7) is 5.60. The van der Waals surface area contributed by atoms with E-state index in [1.54, 1.807) is 24.3 Å². The van der Waals surface area contributed by atoms with Crippen molar-refractivity contribution in [2.24, 2.45) is 0 Å². The van der Waals surface area contributed by atoms with E-state index in [-0.39, 0.29) is 5.56 Å². The molecule has 1 heterocycles. The lowest BCUT2D eigenvalue weighted by Crippen LogP contribution is -2.29. The highest BCUT2D eigenvalue weighted by molar-refractivity contribution is 6.02. The van der Waals surface area contributed by atoms with E-state index < -0.39 is 23.0 Å². The number of nitrogens with zero attached hydrogens (tertiary/aromatic N) is 3. The molecule has 0 atom stereocenters. The van der Waals surface area contributed by atoms with Crippen LogP contribution in [0.25, 0.3) is 17.0 Å². The maximum atomic E-state index is 14.4. The summed E-state index contributed by atoms with van der Waals surface area (Å²) in [7, 11) is 3.04. The smallest absolute Gasteiger partial charge is 0.235 e. The highest BCUT2D eigenvalue weighted by Gasteiger charge is 2.53. The van der Waals surface area contributed by atoms with Gasteiger partial charge in [-0.2, -0.15) is 5.21 Å². The number of allylic oxidation sites excluding steroid dienone is 3. The van der Waals surface area contributed by atoms with E-state index in [1.165, 1.54) is 20.3 Å². The number of H-pyrrole nitrogens is 1. The van der Waals surface area contributed by atoms with Gasteiger partial charge < -0.3 is 14.8 Å². The Morgan fingerprint density at radius 2 is 1.89 bits per heavy atom. The number of hydrogen-bond donors (Lipinski definition) is 2. The van der Waals surface area contributed by atoms with Crippen LogP contribution in [0.3, 0.4) is 0 Å². The Morgan fingerprint density at radius 3 is 2.50 bits per heavy atom. The molecule has 36 heavy (non-hydrogen) atoms. The molecule has 1 aliphatic rings. The highest BCUT2D eigenvalue weighted by atomic mass is 19.1. The zero-order valence-corrected chi connectivity index (χ0v) is 20.1. The second-order valence-corrected chi connectivity index (χ2v) is 8.32. The summed E-state index contributed by atoms with van der Waals surface area (Å²) in [5.41, 5.74) is 1.54. The Kier molecular flexibility index (Phi) is 6.96. The van der Waals surface area contributed by atoms with Gasteiger partial charge in [-0.15, -0.1) is 10.2 Å². The molecule has 0 bridgehead atoms. The van der Waals surface area contributed by atoms with Crippen LogP contribution >= 0.6 is 0 Å². The van der Waals surface area contributed by atoms with Crippen LogP contribution in [0, 0.1) is 11.6 Å². The maximum absolute atomic E-state index is 14.4. The van der Waals surface area contributed by atoms with E-state index in [1.807, 2.05) is 6.92 Å². The number of aromatic amines is 1. The number of anilines is 1. The molecular formula is C26H25F2N5O3. The predicted octanol–water partition coefficient (Wildman–Crippen LogP) is 4.91. The third-order valence-corrected chi connectivity index (χ3v) is 6.13. The number of aromatic nitrogens is 4. The second-order valence-electron chi connectivity index (χ2n) is 8.32. The third-order valence-electron chi connectivity index (χ3n) is 6.13. The van der Waals surface area contributed by atoms with Crippen LogP contribution in [0.4, 0.5) is 14.5 Å². The second kappa shape index (κ2) is 10.1. The lowest BCUT2D eigenvalue weighted by atomic mass is 9.93. The fraction of sp³-hybridized carbons (Fsp3) is 0.231. The van der Waals surface area contributed by atoms with E-state index in [4.69, 9.17) is 9.47 Å². The molecule has 10 heteroatoms. The number of methoxy groups -OCH3 is 2. The van der Waals surface area contributed by atoms with Gasteiger partial charge in [0.25, 0.3) is 0 Å². The zero-order chi connectivity index (χ0) is 25.9. The van der Waals surface area contributed by atoms with Gasteiger partial charge in [-0.1, -0.05) is 12.6 Å². The molecule has 0 saturated heterocycles. The SMILES string of the molecule is C=C/C(OC)=C(\C=C(/C)c1ccc(NC(=O)C2(c3cc(F)ccc3F)CC2)cc1-c1nn[nH]n1)OC. The van der Waals surface area contributed by atoms with Gasteiger partial charge in [-0.05, 0) is 78.6 Å². The van der Waals surface area contributed by atoms with Gasteiger partial charge >= 0.3 is 0 Å². The van der Waals surface area contributed by atoms with E-state index in [0.717, 1.165) is 29.3 Å². The fourth-order valence-electron chi connectivity index (χ4n) is 4.08. The Hall–Kier alpha value is -4.34. The molecule has 3 aromatic rings. The van der Waals surface area contributed by atoms with Crippen molar-refractivity contribution in [3.8, 4) is 11.4 Å². The van der Waals surface area contributed by atoms with Crippen molar-refractivity contribution in [3.63, 3.8) is 0 Å². The quantitative estimate of drug-likeness (QED) is 0.325. The molecule has 4 rings (SSSR count). The van der Waals surface area contributed by atoms with Crippen LogP contribution in [-0.2, 0) is 19.7 Å². The predicted molar refractivity (Wildman–Crippen MR) is 130 cm³/mol. The molecule has 0 radical (unpaired) electrons. The van der Waals surface area contributed by atoms with E-state index in [2.05, 4.69) is 32.5 Å². The van der Waals surface area contributed by atoms with Crippen molar-refractivity contribution >= 4 is 17.2 Å². The number of nitrogens with one attached hydrogen (secondary N) is 2. The lowest BCUT2D eigenvalue weighted by molar-refractivity contribution is -0.118. The third kappa shape index (κ3) is 4.74. The summed E-state index contributed by atoms with van der Waals surface area (Å²) in [6, 6.07) is 8.38. The molecule has 1 fully saturated rings. The Bertz CT molecular complexity index is 1360. The Balaban J connectivity index is 1.70. The van der Waals surface area contributed by atoms with Gasteiger partial charge in [0.15, 0.2) is 11.5 Å². The topological polar surface area (TPSA) is 102 Å². The first-order valence-electron chi connectivity index (χ1n) is 11.1. The average molecular weight is 494 g/mol. The summed E-state index contributed by atoms with van der Waals surface area (Å²) >= 11 is 0. The number of amides is 1. The first-order chi connectivity index (χ1) is 17.3. The van der Waals surface area contributed by atoms with Crippen molar-refractivity contribution < 1.29 is 23.0 Å². The molecule has 0 unspecified atom stereocenters. The van der Waals surface area contributed by atoms with E-state index >= 15 is 0 Å². The van der Waals surface area contributed by atoms with Crippen LogP contribution in [0.2, 0.25) is 0 Å². The standard InChI is InChI=1S/C26H25F2N5O3/c1-5-22(35-3)23(36-4)12-15(2)18-8-7-17(14-19(18)24-30-32-33-31-24)29-25(34)26(10-11-26)20-13-16(27)6-9-21(20)28/h5-9,12-14H,1,10-11H2,2-4H3,(H,29,34)(H,30,31,32,33)/b15-12+,23-22-. The minimum absolute atomic E-state index is 0.0591. The summed E-state index contributed by atoms with van der Waals surface area (Å²) in [6.07, 6.45) is 4.17. The number of benzene rings is 2. The number of carbonyl (C=O) groups excluding carboxylic acids is 1. The maximum Gasteiger partial charge on any atom is 0.235 e. The summed E-state index contributed by atoms with van der Waals surface area (Å²) in [5, 5.41) is 17.1. The van der Waals surface area contributed by atoms with Crippen LogP contribution in [0.15, 0.2) is 66.6 Å². The van der Waals surface area contributed by atoms with Crippen molar-refractivity contribution in [2.45, 2.75) is 25.2 Å². The summed E-state index contributed by atoms with van der Waals surface area (Å²) in [5.74, 6) is -0.370. The lowest BCUT2D eigenvalue weighted by Gasteiger charge is -2.18. The van der Waals surface area contributed by atoms with Crippen LogP contribution in [-0.4, -0.2) is 40.8 Å². The van der Waals surface area contributed by atoms with Gasteiger partial charge in [0.2, 0.25) is 11.7 Å². The molecule has 1 saturated carbocycles. The number of hydrogen-bond acceptors (Lipinski definition) is 6. The van der Waals surface area contributed by atoms with Crippen molar-refractivity contribution in [1.29, 1.82) is 0 Å². The molecule has 1 aliphatic carbocycles. The molecule has 186 valence electrons. The number of tetrazole rings is 1. The molecule has 2 aromatic carbocycles. The van der Waals surface area contributed by atoms with Crippen molar-refractivity contribution in [1.82, 2.24) is 20.6 Å². The first kappa shape index (κ1) is 24.8. The molecule has 1 amide bonds. The van der Waals surface area contributed by atoms with Crippen LogP contribution in [0.1, 0.15) is 30.9 Å². The van der Waals surface area contributed by atoms with Gasteiger partial charge in [0.1, 0.15) is 11.6 Å². The summed E-state index contributed by atoms with van der Waals surface area (Å²) in [4.78, 5) is 13.2. The fourth-order valence-corrected chi connectivity index (χ4v) is 4.08. The molecule has 2 N–H and O–H groups in total. The number of rotatable bonds is 9. The molecule has 8 nitrogen and oxygen atoms in total. The summed E-state index contributed by atoms with van der Waals surface area (Å²) < 4.78 is 39.0. The van der Waals surface area contributed by atoms with E-state index in [0.29, 0.717) is 41.4 Å². The largest absolute Gasteiger partial charge is 0.493 e. The Morgan fingerprint density at radius 1 is 1.14 bits per heavy atom. The Labute approximate surface area is 206 Å². The monoisotopic (exact) mass is 493 g/mol. The minimum Gasteiger partial charge on any atom is -0.493 e. The van der Waals surface area contributed by atoms with Gasteiger partial charge in [0.05, 0.1) is 19.6 Å². The minimum atomic E-state index is -1.10. The van der Waals surface area contributed by atoms with Gasteiger partial charge in [-0.3, -0.25) is 4.79 Å². The molecular weight excluding hydrogens is 468 g/mol. The average Bonchev–Trinajstić information content (AvgIpc) is 3.50. The van der Waals surface area contributed by atoms with Crippen molar-refractivity contribution in [2.75, 3.05) is 19.5 Å². The molecule has 0 aliphatic heterocycles. The number of carbonyl (C=O) groups is 1. The highest BCUT2D eigenvalue weighted by Crippen LogP contribution is 2.50. The zero-order valence-electron chi connectivity index (χ0n) is 20.1. The number of ether oxygens (including phenoxy) is 2. The molecule has 1 aromatic heterocycles. The number of halogens is 2. The molecule has 0 spiro atoms. The van der Waals surface area contributed by atoms with Crippen molar-refractivity contribution in [3.05, 3.63) is 89.4 Å².